The summed E-state index contributed by atoms with van der Waals surface area (Å²) >= 11 is 6.32. The molecule has 1 aliphatic heterocycles. The Bertz CT molecular complexity index is 1130. The molecule has 1 amide bonds. The number of amides is 1. The number of fused-ring (bicyclic) bond motifs is 2. The van der Waals surface area contributed by atoms with Crippen molar-refractivity contribution in [1.29, 1.82) is 0 Å². The number of pyridine rings is 2. The topological polar surface area (TPSA) is 60.6 Å². The molecule has 6 nitrogen and oxygen atoms in total. The quantitative estimate of drug-likeness (QED) is 0.493. The van der Waals surface area contributed by atoms with E-state index in [9.17, 15) is 10.0 Å². The van der Waals surface area contributed by atoms with E-state index < -0.39 is 0 Å². The van der Waals surface area contributed by atoms with Gasteiger partial charge in [0.05, 0.1) is 18.2 Å². The van der Waals surface area contributed by atoms with Crippen LogP contribution in [0.1, 0.15) is 34.0 Å². The summed E-state index contributed by atoms with van der Waals surface area (Å²) in [6.45, 7) is 2.96. The van der Waals surface area contributed by atoms with Crippen molar-refractivity contribution in [2.75, 3.05) is 26.2 Å². The van der Waals surface area contributed by atoms with Gasteiger partial charge in [0.2, 0.25) is 18.3 Å². The first-order valence-electron chi connectivity index (χ1n) is 11.0. The van der Waals surface area contributed by atoms with Gasteiger partial charge in [-0.3, -0.25) is 19.9 Å². The van der Waals surface area contributed by atoms with Crippen LogP contribution in [0.2, 0.25) is 5.02 Å². The smallest absolute Gasteiger partial charge is 0.227 e. The third kappa shape index (κ3) is 4.20. The summed E-state index contributed by atoms with van der Waals surface area (Å²) < 4.78 is 0.983. The molecule has 0 saturated carbocycles. The lowest BCUT2D eigenvalue weighted by molar-refractivity contribution is -0.904. The zero-order valence-electron chi connectivity index (χ0n) is 17.8. The molecule has 164 valence electrons. The molecule has 32 heavy (non-hydrogen) atoms. The monoisotopic (exact) mass is 449 g/mol. The first-order chi connectivity index (χ1) is 15.6. The molecule has 0 bridgehead atoms. The number of benzene rings is 1. The number of nitrogens with zero attached hydrogens (tertiary/aromatic N) is 4. The number of halogens is 1. The van der Waals surface area contributed by atoms with E-state index >= 15 is 0 Å². The number of carbonyl (C=O) groups is 1. The molecule has 1 atom stereocenters. The van der Waals surface area contributed by atoms with Gasteiger partial charge in [0, 0.05) is 54.3 Å². The average molecular weight is 450 g/mol. The van der Waals surface area contributed by atoms with Gasteiger partial charge in [0.1, 0.15) is 0 Å². The van der Waals surface area contributed by atoms with Crippen LogP contribution >= 0.6 is 11.6 Å². The Balaban J connectivity index is 1.35. The van der Waals surface area contributed by atoms with Crippen molar-refractivity contribution < 1.29 is 14.7 Å². The van der Waals surface area contributed by atoms with E-state index in [2.05, 4.69) is 23.1 Å². The van der Waals surface area contributed by atoms with Gasteiger partial charge in [-0.05, 0) is 53.3 Å². The van der Waals surface area contributed by atoms with Crippen molar-refractivity contribution in [3.63, 3.8) is 0 Å². The maximum absolute atomic E-state index is 12.8. The first kappa shape index (κ1) is 20.9. The van der Waals surface area contributed by atoms with E-state index in [1.165, 1.54) is 16.7 Å². The number of aryl methyl sites for hydroxylation is 2. The van der Waals surface area contributed by atoms with Crippen LogP contribution in [0.5, 0.6) is 0 Å². The molecule has 1 aromatic carbocycles. The normalized spacial score (nSPS) is 18.5. The van der Waals surface area contributed by atoms with E-state index in [0.29, 0.717) is 19.5 Å². The highest BCUT2D eigenvalue weighted by atomic mass is 35.5. The Morgan fingerprint density at radius 2 is 1.81 bits per heavy atom. The van der Waals surface area contributed by atoms with Gasteiger partial charge in [-0.25, -0.2) is 0 Å². The minimum atomic E-state index is 0.0762. The predicted molar refractivity (Wildman–Crippen MR) is 121 cm³/mol. The molecule has 5 rings (SSSR count). The maximum atomic E-state index is 12.8. The molecule has 1 N–H and O–H groups in total. The fourth-order valence-corrected chi connectivity index (χ4v) is 5.03. The second kappa shape index (κ2) is 8.88. The summed E-state index contributed by atoms with van der Waals surface area (Å²) in [5.41, 5.74) is 5.86. The summed E-state index contributed by atoms with van der Waals surface area (Å²) in [5, 5.41) is 10.1. The minimum Gasteiger partial charge on any atom is -0.340 e. The molecular formula is C25H26ClN4O2+. The molecule has 7 heteroatoms. The summed E-state index contributed by atoms with van der Waals surface area (Å²) in [5.74, 6) is 0.118. The van der Waals surface area contributed by atoms with Crippen molar-refractivity contribution in [1.82, 2.24) is 14.8 Å². The van der Waals surface area contributed by atoms with Crippen LogP contribution in [0.15, 0.2) is 61.1 Å². The molecule has 0 spiro atoms. The molecule has 3 heterocycles. The number of piperazine rings is 1. The Morgan fingerprint density at radius 1 is 1.06 bits per heavy atom. The lowest BCUT2D eigenvalue weighted by Gasteiger charge is -2.39. The molecule has 0 unspecified atom stereocenters. The summed E-state index contributed by atoms with van der Waals surface area (Å²) in [7, 11) is 0. The number of hydrogen-bond donors (Lipinski definition) is 1. The van der Waals surface area contributed by atoms with Gasteiger partial charge in [0.15, 0.2) is 0 Å². The van der Waals surface area contributed by atoms with E-state index in [1.54, 1.807) is 24.5 Å². The minimum absolute atomic E-state index is 0.0762. The van der Waals surface area contributed by atoms with Gasteiger partial charge in [-0.1, -0.05) is 23.7 Å². The molecular weight excluding hydrogens is 424 g/mol. The molecule has 1 aliphatic carbocycles. The van der Waals surface area contributed by atoms with Crippen LogP contribution in [0.4, 0.5) is 0 Å². The van der Waals surface area contributed by atoms with Gasteiger partial charge in [-0.15, -0.1) is 0 Å². The second-order valence-corrected chi connectivity index (χ2v) is 8.91. The van der Waals surface area contributed by atoms with Gasteiger partial charge >= 0.3 is 0 Å². The number of hydrogen-bond acceptors (Lipinski definition) is 4. The van der Waals surface area contributed by atoms with Crippen LogP contribution < -0.4 is 4.73 Å². The maximum Gasteiger partial charge on any atom is 0.227 e. The van der Waals surface area contributed by atoms with Crippen molar-refractivity contribution in [2.24, 2.45) is 0 Å². The highest BCUT2D eigenvalue weighted by Gasteiger charge is 2.33. The zero-order chi connectivity index (χ0) is 22.1. The van der Waals surface area contributed by atoms with E-state index in [1.807, 2.05) is 23.2 Å². The molecule has 2 aromatic heterocycles. The van der Waals surface area contributed by atoms with E-state index in [-0.39, 0.29) is 11.9 Å². The lowest BCUT2D eigenvalue weighted by Crippen LogP contribution is -2.50. The van der Waals surface area contributed by atoms with Crippen LogP contribution in [0, 0.1) is 0 Å². The lowest BCUT2D eigenvalue weighted by atomic mass is 9.96. The van der Waals surface area contributed by atoms with Gasteiger partial charge < -0.3 is 4.90 Å². The molecule has 2 aliphatic rings. The van der Waals surface area contributed by atoms with Crippen molar-refractivity contribution in [3.05, 3.63) is 94.0 Å². The fraction of sp³-hybridized carbons (Fsp3) is 0.320. The summed E-state index contributed by atoms with van der Waals surface area (Å²) in [6, 6.07) is 14.0. The third-order valence-corrected chi connectivity index (χ3v) is 6.75. The Labute approximate surface area is 192 Å². The highest BCUT2D eigenvalue weighted by molar-refractivity contribution is 6.30. The average Bonchev–Trinajstić information content (AvgIpc) is 2.97. The number of rotatable bonds is 3. The standard InChI is InChI=1S/C25H26ClN4O2/c26-21-5-6-22-20(17-21)4-3-19-2-1-9-27-24(19)25(22)29-14-12-28(13-15-29)23(31)16-18-7-10-30(32)11-8-18/h1-2,5-11,17,25,32H,3-4,12-16H2/q+1/t25-/m1/s1. The van der Waals surface area contributed by atoms with Crippen molar-refractivity contribution in [2.45, 2.75) is 25.3 Å². The molecule has 3 aromatic rings. The van der Waals surface area contributed by atoms with Gasteiger partial charge in [-0.2, -0.15) is 0 Å². The highest BCUT2D eigenvalue weighted by Crippen LogP contribution is 2.37. The SMILES string of the molecule is O=C(Cc1cc[n+](O)cc1)N1CCN([C@@H]2c3ccc(Cl)cc3CCc3cccnc32)CC1. The zero-order valence-corrected chi connectivity index (χ0v) is 18.6. The summed E-state index contributed by atoms with van der Waals surface area (Å²) in [4.78, 5) is 22.0. The number of carbonyl (C=O) groups excluding carboxylic acids is 1. The fourth-order valence-electron chi connectivity index (χ4n) is 4.84. The summed E-state index contributed by atoms with van der Waals surface area (Å²) in [6.07, 6.45) is 7.21. The van der Waals surface area contributed by atoms with E-state index in [0.717, 1.165) is 46.9 Å². The Kier molecular flexibility index (Phi) is 5.81. The molecule has 1 fully saturated rings. The molecule has 0 radical (unpaired) electrons. The van der Waals surface area contributed by atoms with E-state index in [4.69, 9.17) is 16.6 Å². The van der Waals surface area contributed by atoms with Gasteiger partial charge in [0.25, 0.3) is 0 Å². The molecule has 1 saturated heterocycles. The van der Waals surface area contributed by atoms with Crippen LogP contribution in [0.3, 0.4) is 0 Å². The third-order valence-electron chi connectivity index (χ3n) is 6.52. The second-order valence-electron chi connectivity index (χ2n) is 8.47. The van der Waals surface area contributed by atoms with Crippen LogP contribution in [-0.4, -0.2) is 52.1 Å². The van der Waals surface area contributed by atoms with Crippen LogP contribution in [0.25, 0.3) is 0 Å². The predicted octanol–water partition coefficient (Wildman–Crippen LogP) is 2.83. The van der Waals surface area contributed by atoms with Crippen molar-refractivity contribution in [3.8, 4) is 0 Å². The van der Waals surface area contributed by atoms with Crippen molar-refractivity contribution >= 4 is 17.5 Å². The first-order valence-corrected chi connectivity index (χ1v) is 11.4. The van der Waals surface area contributed by atoms with Crippen LogP contribution in [-0.2, 0) is 24.1 Å². The Morgan fingerprint density at radius 3 is 2.59 bits per heavy atom. The largest absolute Gasteiger partial charge is 0.340 e. The number of aromatic nitrogens is 2. The Hall–Kier alpha value is -2.96.